The van der Waals surface area contributed by atoms with E-state index in [1.807, 2.05) is 50.5 Å². The van der Waals surface area contributed by atoms with Crippen LogP contribution in [0.3, 0.4) is 0 Å². The Labute approximate surface area is 208 Å². The third-order valence-corrected chi connectivity index (χ3v) is 6.63. The van der Waals surface area contributed by atoms with Crippen molar-refractivity contribution < 1.29 is 4.74 Å². The maximum atomic E-state index is 6.14. The van der Waals surface area contributed by atoms with Gasteiger partial charge in [0, 0.05) is 37.1 Å². The predicted octanol–water partition coefficient (Wildman–Crippen LogP) is 5.77. The Hall–Kier alpha value is -2.57. The van der Waals surface area contributed by atoms with Crippen LogP contribution in [0.25, 0.3) is 10.9 Å². The maximum absolute atomic E-state index is 6.14. The van der Waals surface area contributed by atoms with Crippen molar-refractivity contribution >= 4 is 34.3 Å². The van der Waals surface area contributed by atoms with Crippen molar-refractivity contribution in [1.82, 2.24) is 15.3 Å². The van der Waals surface area contributed by atoms with Gasteiger partial charge < -0.3 is 20.3 Å². The van der Waals surface area contributed by atoms with Crippen LogP contribution in [0, 0.1) is 5.92 Å². The number of ether oxygens (including phenoxy) is 1. The van der Waals surface area contributed by atoms with Gasteiger partial charge in [-0.3, -0.25) is 0 Å². The molecule has 6 nitrogen and oxygen atoms in total. The molecule has 1 aliphatic carbocycles. The molecule has 0 spiro atoms. The molecule has 7 heteroatoms. The lowest BCUT2D eigenvalue weighted by atomic mass is 9.86. The van der Waals surface area contributed by atoms with E-state index in [4.69, 9.17) is 26.3 Å². The van der Waals surface area contributed by atoms with Crippen molar-refractivity contribution in [2.24, 2.45) is 5.92 Å². The molecule has 0 unspecified atom stereocenters. The van der Waals surface area contributed by atoms with Gasteiger partial charge in [0.05, 0.1) is 5.52 Å². The SMILES string of the molecule is CN(C)c1nc(NC2CCC(CNCC(C)(C)Oc3ccc(Cl)cc3)CC2)nc2ccccc12. The molecule has 2 N–H and O–H groups in total. The zero-order valence-corrected chi connectivity index (χ0v) is 21.4. The lowest BCUT2D eigenvalue weighted by Gasteiger charge is -2.31. The van der Waals surface area contributed by atoms with Crippen LogP contribution in [-0.4, -0.2) is 48.8 Å². The van der Waals surface area contributed by atoms with Crippen molar-refractivity contribution in [1.29, 1.82) is 0 Å². The molecule has 34 heavy (non-hydrogen) atoms. The second kappa shape index (κ2) is 10.8. The summed E-state index contributed by atoms with van der Waals surface area (Å²) in [6, 6.07) is 16.2. The molecule has 1 aromatic heterocycles. The van der Waals surface area contributed by atoms with Crippen LogP contribution in [0.15, 0.2) is 48.5 Å². The average Bonchev–Trinajstić information content (AvgIpc) is 2.81. The average molecular weight is 482 g/mol. The number of hydrogen-bond donors (Lipinski definition) is 2. The maximum Gasteiger partial charge on any atom is 0.225 e. The molecular weight excluding hydrogens is 446 g/mol. The summed E-state index contributed by atoms with van der Waals surface area (Å²) in [5.74, 6) is 3.20. The largest absolute Gasteiger partial charge is 0.487 e. The van der Waals surface area contributed by atoms with Gasteiger partial charge in [-0.05, 0) is 88.4 Å². The summed E-state index contributed by atoms with van der Waals surface area (Å²) in [5.41, 5.74) is 0.689. The van der Waals surface area contributed by atoms with Crippen LogP contribution < -0.4 is 20.3 Å². The first-order chi connectivity index (χ1) is 16.3. The number of nitrogens with zero attached hydrogens (tertiary/aromatic N) is 3. The zero-order valence-electron chi connectivity index (χ0n) is 20.6. The number of halogens is 1. The number of hydrogen-bond acceptors (Lipinski definition) is 6. The van der Waals surface area contributed by atoms with Crippen molar-refractivity contribution in [3.05, 3.63) is 53.6 Å². The van der Waals surface area contributed by atoms with Crippen LogP contribution in [0.2, 0.25) is 5.02 Å². The highest BCUT2D eigenvalue weighted by Gasteiger charge is 2.24. The van der Waals surface area contributed by atoms with E-state index in [-0.39, 0.29) is 5.60 Å². The van der Waals surface area contributed by atoms with E-state index < -0.39 is 0 Å². The zero-order chi connectivity index (χ0) is 24.1. The van der Waals surface area contributed by atoms with Crippen LogP contribution in [-0.2, 0) is 0 Å². The summed E-state index contributed by atoms with van der Waals surface area (Å²) >= 11 is 5.97. The number of rotatable bonds is 9. The number of nitrogens with one attached hydrogen (secondary N) is 2. The van der Waals surface area contributed by atoms with Crippen LogP contribution in [0.5, 0.6) is 5.75 Å². The Kier molecular flexibility index (Phi) is 7.79. The Morgan fingerprint density at radius 3 is 2.41 bits per heavy atom. The van der Waals surface area contributed by atoms with Gasteiger partial charge in [-0.1, -0.05) is 23.7 Å². The van der Waals surface area contributed by atoms with Gasteiger partial charge >= 0.3 is 0 Å². The molecule has 0 bridgehead atoms. The first-order valence-corrected chi connectivity index (χ1v) is 12.5. The topological polar surface area (TPSA) is 62.3 Å². The van der Waals surface area contributed by atoms with E-state index in [0.29, 0.717) is 12.0 Å². The molecule has 0 amide bonds. The highest BCUT2D eigenvalue weighted by atomic mass is 35.5. The van der Waals surface area contributed by atoms with E-state index in [1.54, 1.807) is 0 Å². The Morgan fingerprint density at radius 1 is 1.00 bits per heavy atom. The monoisotopic (exact) mass is 481 g/mol. The molecule has 0 aliphatic heterocycles. The molecule has 1 saturated carbocycles. The van der Waals surface area contributed by atoms with Crippen molar-refractivity contribution in [2.45, 2.75) is 51.2 Å². The molecule has 0 atom stereocenters. The summed E-state index contributed by atoms with van der Waals surface area (Å²) in [5, 5.41) is 9.03. The second-order valence-electron chi connectivity index (χ2n) is 10.1. The summed E-state index contributed by atoms with van der Waals surface area (Å²) in [7, 11) is 4.05. The molecule has 1 heterocycles. The highest BCUT2D eigenvalue weighted by molar-refractivity contribution is 6.30. The third-order valence-electron chi connectivity index (χ3n) is 6.38. The number of para-hydroxylation sites is 1. The number of benzene rings is 2. The first-order valence-electron chi connectivity index (χ1n) is 12.1. The Balaban J connectivity index is 1.24. The fraction of sp³-hybridized carbons (Fsp3) is 0.481. The van der Waals surface area contributed by atoms with Gasteiger partial charge in [0.2, 0.25) is 5.95 Å². The molecule has 3 aromatic rings. The molecule has 0 radical (unpaired) electrons. The molecule has 1 aliphatic rings. The molecule has 0 saturated heterocycles. The summed E-state index contributed by atoms with van der Waals surface area (Å²) in [6.45, 7) is 6.03. The minimum atomic E-state index is -0.288. The van der Waals surface area contributed by atoms with Crippen LogP contribution >= 0.6 is 11.6 Å². The quantitative estimate of drug-likeness (QED) is 0.404. The number of fused-ring (bicyclic) bond motifs is 1. The van der Waals surface area contributed by atoms with Crippen molar-refractivity contribution in [2.75, 3.05) is 37.4 Å². The number of anilines is 2. The van der Waals surface area contributed by atoms with Crippen molar-refractivity contribution in [3.8, 4) is 5.75 Å². The van der Waals surface area contributed by atoms with E-state index in [2.05, 4.69) is 41.5 Å². The van der Waals surface area contributed by atoms with Gasteiger partial charge in [-0.2, -0.15) is 4.98 Å². The standard InChI is InChI=1S/C27H36ClN5O/c1-27(2,34-22-15-11-20(28)12-16-22)18-29-17-19-9-13-21(14-10-19)30-26-31-24-8-6-5-7-23(24)25(32-26)33(3)4/h5-8,11-12,15-16,19,21,29H,9-10,13-14,17-18H2,1-4H3,(H,30,31,32). The normalized spacial score (nSPS) is 18.6. The van der Waals surface area contributed by atoms with E-state index >= 15 is 0 Å². The van der Waals surface area contributed by atoms with Crippen LogP contribution in [0.4, 0.5) is 11.8 Å². The summed E-state index contributed by atoms with van der Waals surface area (Å²) < 4.78 is 6.14. The van der Waals surface area contributed by atoms with Gasteiger partial charge in [0.15, 0.2) is 0 Å². The third kappa shape index (κ3) is 6.51. The lowest BCUT2D eigenvalue weighted by molar-refractivity contribution is 0.106. The van der Waals surface area contributed by atoms with E-state index in [1.165, 1.54) is 12.8 Å². The minimum Gasteiger partial charge on any atom is -0.487 e. The Bertz CT molecular complexity index is 1080. The fourth-order valence-electron chi connectivity index (χ4n) is 4.59. The Morgan fingerprint density at radius 2 is 1.71 bits per heavy atom. The summed E-state index contributed by atoms with van der Waals surface area (Å²) in [4.78, 5) is 11.6. The van der Waals surface area contributed by atoms with Gasteiger partial charge in [-0.25, -0.2) is 4.98 Å². The minimum absolute atomic E-state index is 0.288. The first kappa shape index (κ1) is 24.6. The van der Waals surface area contributed by atoms with Crippen LogP contribution in [0.1, 0.15) is 39.5 Å². The van der Waals surface area contributed by atoms with E-state index in [9.17, 15) is 0 Å². The highest BCUT2D eigenvalue weighted by Crippen LogP contribution is 2.28. The molecular formula is C27H36ClN5O. The smallest absolute Gasteiger partial charge is 0.225 e. The van der Waals surface area contributed by atoms with Gasteiger partial charge in [-0.15, -0.1) is 0 Å². The lowest BCUT2D eigenvalue weighted by Crippen LogP contribution is -2.42. The molecule has 4 rings (SSSR count). The fourth-order valence-corrected chi connectivity index (χ4v) is 4.72. The molecule has 2 aromatic carbocycles. The van der Waals surface area contributed by atoms with Gasteiger partial charge in [0.25, 0.3) is 0 Å². The van der Waals surface area contributed by atoms with E-state index in [0.717, 1.165) is 59.4 Å². The second-order valence-corrected chi connectivity index (χ2v) is 10.5. The number of aromatic nitrogens is 2. The molecule has 1 fully saturated rings. The summed E-state index contributed by atoms with van der Waals surface area (Å²) in [6.07, 6.45) is 4.64. The van der Waals surface area contributed by atoms with Crippen molar-refractivity contribution in [3.63, 3.8) is 0 Å². The molecule has 182 valence electrons. The van der Waals surface area contributed by atoms with Gasteiger partial charge in [0.1, 0.15) is 17.2 Å². The predicted molar refractivity (Wildman–Crippen MR) is 142 cm³/mol.